The molecule has 0 radical (unpaired) electrons. The van der Waals surface area contributed by atoms with E-state index in [-0.39, 0.29) is 25.7 Å². The van der Waals surface area contributed by atoms with E-state index in [2.05, 4.69) is 48.5 Å². The molecule has 0 heterocycles. The third-order valence-corrected chi connectivity index (χ3v) is 22.6. The number of unbranched alkanes of at least 4 members (excludes halogenated alkanes) is 52. The van der Waals surface area contributed by atoms with Gasteiger partial charge in [0.05, 0.1) is 26.4 Å². The van der Waals surface area contributed by atoms with Crippen LogP contribution in [0.3, 0.4) is 0 Å². The molecule has 106 heavy (non-hydrogen) atoms. The maximum Gasteiger partial charge on any atom is 0.472 e. The van der Waals surface area contributed by atoms with Gasteiger partial charge in [0.1, 0.15) is 19.3 Å². The van der Waals surface area contributed by atoms with Gasteiger partial charge in [-0.3, -0.25) is 37.3 Å². The van der Waals surface area contributed by atoms with Crippen molar-refractivity contribution in [3.05, 3.63) is 0 Å². The average molecular weight is 1550 g/mol. The summed E-state index contributed by atoms with van der Waals surface area (Å²) >= 11 is 0. The Bertz CT molecular complexity index is 2050. The van der Waals surface area contributed by atoms with Crippen LogP contribution in [0.5, 0.6) is 0 Å². The SMILES string of the molecule is CCCCCCCCCCCCCCC(=O)OC[C@H](COP(=O)(O)OC[C@H](O)COP(=O)(O)OC[C@@H](COC(=O)CCCCCCCCCCCCCCCCCC(C)C)OC(=O)CCCCCCCCCCCCCCCCCCCCC(C)CC)OC(=O)CCCCCCCCCCCCCC(C)C. The third kappa shape index (κ3) is 78.7. The lowest BCUT2D eigenvalue weighted by atomic mass is 9.99. The first-order valence-corrected chi connectivity index (χ1v) is 47.9. The predicted molar refractivity (Wildman–Crippen MR) is 437 cm³/mol. The zero-order valence-corrected chi connectivity index (χ0v) is 71.7. The van der Waals surface area contributed by atoms with E-state index in [1.807, 2.05) is 0 Å². The Morgan fingerprint density at radius 3 is 0.717 bits per heavy atom. The minimum absolute atomic E-state index is 0.107. The fourth-order valence-electron chi connectivity index (χ4n) is 13.5. The molecule has 0 bridgehead atoms. The van der Waals surface area contributed by atoms with Gasteiger partial charge in [0.2, 0.25) is 0 Å². The Morgan fingerprint density at radius 2 is 0.481 bits per heavy atom. The first-order valence-electron chi connectivity index (χ1n) is 44.9. The smallest absolute Gasteiger partial charge is 0.462 e. The van der Waals surface area contributed by atoms with Crippen LogP contribution in [0.2, 0.25) is 0 Å². The van der Waals surface area contributed by atoms with Gasteiger partial charge in [0.15, 0.2) is 12.2 Å². The van der Waals surface area contributed by atoms with Crippen LogP contribution in [-0.4, -0.2) is 96.7 Å². The highest BCUT2D eigenvalue weighted by atomic mass is 31.2. The second-order valence-corrected chi connectivity index (χ2v) is 35.4. The molecular weight excluding hydrogens is 1380 g/mol. The van der Waals surface area contributed by atoms with Crippen LogP contribution in [0.1, 0.15) is 459 Å². The molecule has 0 rings (SSSR count). The normalized spacial score (nSPS) is 14.1. The van der Waals surface area contributed by atoms with Gasteiger partial charge in [-0.05, 0) is 43.4 Å². The fraction of sp³-hybridized carbons (Fsp3) is 0.954. The van der Waals surface area contributed by atoms with Crippen LogP contribution < -0.4 is 0 Å². The average Bonchev–Trinajstić information content (AvgIpc) is 0.901. The van der Waals surface area contributed by atoms with Crippen molar-refractivity contribution in [3.8, 4) is 0 Å². The molecule has 0 aliphatic rings. The number of hydrogen-bond acceptors (Lipinski definition) is 15. The largest absolute Gasteiger partial charge is 0.472 e. The van der Waals surface area contributed by atoms with Crippen molar-refractivity contribution < 1.29 is 80.2 Å². The number of phosphoric ester groups is 2. The van der Waals surface area contributed by atoms with Crippen molar-refractivity contribution in [2.75, 3.05) is 39.6 Å². The summed E-state index contributed by atoms with van der Waals surface area (Å²) in [4.78, 5) is 73.3. The summed E-state index contributed by atoms with van der Waals surface area (Å²) in [6, 6.07) is 0. The Morgan fingerprint density at radius 1 is 0.274 bits per heavy atom. The van der Waals surface area contributed by atoms with Gasteiger partial charge in [-0.15, -0.1) is 0 Å². The van der Waals surface area contributed by atoms with Gasteiger partial charge in [0, 0.05) is 25.7 Å². The summed E-state index contributed by atoms with van der Waals surface area (Å²) in [7, 11) is -9.93. The Kier molecular flexibility index (Phi) is 75.6. The van der Waals surface area contributed by atoms with Gasteiger partial charge in [-0.25, -0.2) is 9.13 Å². The van der Waals surface area contributed by atoms with E-state index in [1.165, 1.54) is 270 Å². The summed E-state index contributed by atoms with van der Waals surface area (Å²) in [5.74, 6) is 0.341. The maximum atomic E-state index is 13.2. The maximum absolute atomic E-state index is 13.2. The number of rotatable bonds is 85. The van der Waals surface area contributed by atoms with E-state index in [1.54, 1.807) is 0 Å². The topological polar surface area (TPSA) is 237 Å². The lowest BCUT2D eigenvalue weighted by Crippen LogP contribution is -2.30. The molecule has 3 unspecified atom stereocenters. The monoisotopic (exact) mass is 1550 g/mol. The van der Waals surface area contributed by atoms with Crippen LogP contribution in [0.4, 0.5) is 0 Å². The van der Waals surface area contributed by atoms with Crippen LogP contribution in [0.25, 0.3) is 0 Å². The predicted octanol–water partition coefficient (Wildman–Crippen LogP) is 26.5. The van der Waals surface area contributed by atoms with E-state index in [4.69, 9.17) is 37.0 Å². The van der Waals surface area contributed by atoms with Crippen LogP contribution in [-0.2, 0) is 65.4 Å². The fourth-order valence-corrected chi connectivity index (χ4v) is 15.1. The van der Waals surface area contributed by atoms with Crippen molar-refractivity contribution in [2.45, 2.75) is 478 Å². The van der Waals surface area contributed by atoms with E-state index in [9.17, 15) is 43.2 Å². The number of hydrogen-bond donors (Lipinski definition) is 3. The van der Waals surface area contributed by atoms with Crippen molar-refractivity contribution in [1.29, 1.82) is 0 Å². The molecule has 19 heteroatoms. The summed E-state index contributed by atoms with van der Waals surface area (Å²) in [6.07, 6.45) is 67.9. The van der Waals surface area contributed by atoms with Crippen molar-refractivity contribution in [3.63, 3.8) is 0 Å². The van der Waals surface area contributed by atoms with E-state index in [0.29, 0.717) is 25.7 Å². The first-order chi connectivity index (χ1) is 51.3. The summed E-state index contributed by atoms with van der Waals surface area (Å²) < 4.78 is 68.9. The molecule has 0 fully saturated rings. The van der Waals surface area contributed by atoms with Gasteiger partial charge in [0.25, 0.3) is 0 Å². The summed E-state index contributed by atoms with van der Waals surface area (Å²) in [5, 5.41) is 10.7. The highest BCUT2D eigenvalue weighted by Crippen LogP contribution is 2.45. The van der Waals surface area contributed by atoms with E-state index >= 15 is 0 Å². The number of esters is 4. The van der Waals surface area contributed by atoms with Gasteiger partial charge < -0.3 is 33.8 Å². The van der Waals surface area contributed by atoms with Crippen LogP contribution in [0.15, 0.2) is 0 Å². The third-order valence-electron chi connectivity index (χ3n) is 20.7. The molecule has 0 aliphatic carbocycles. The molecule has 6 atom stereocenters. The number of aliphatic hydroxyl groups is 1. The van der Waals surface area contributed by atoms with Crippen LogP contribution in [0, 0.1) is 17.8 Å². The molecule has 0 spiro atoms. The molecule has 3 N–H and O–H groups in total. The zero-order valence-electron chi connectivity index (χ0n) is 69.9. The minimum Gasteiger partial charge on any atom is -0.462 e. The van der Waals surface area contributed by atoms with Crippen LogP contribution >= 0.6 is 15.6 Å². The molecule has 0 aromatic carbocycles. The Labute approximate surface area is 651 Å². The standard InChI is InChI=1S/C87H170O17P2/c1-8-10-11-12-13-14-15-33-40-47-54-61-68-84(89)97-74-83(104-87(92)71-64-57-50-43-36-29-31-38-45-52-59-66-79(5)6)77-102-106(95,96)100-73-81(88)72-99-105(93,94)101-76-82(75-98-85(90)69-62-55-48-41-34-27-24-20-21-25-30-37-44-51-58-65-78(3)4)103-86(91)70-63-56-49-42-35-28-23-19-17-16-18-22-26-32-39-46-53-60-67-80(7)9-2/h78-83,88H,8-77H2,1-7H3,(H,93,94)(H,95,96)/t80?,81-,82-,83-/m1/s1. The lowest BCUT2D eigenvalue weighted by molar-refractivity contribution is -0.161. The van der Waals surface area contributed by atoms with Gasteiger partial charge in [-0.1, -0.05) is 408 Å². The molecule has 0 aromatic heterocycles. The second-order valence-electron chi connectivity index (χ2n) is 32.5. The Balaban J connectivity index is 5.24. The molecule has 17 nitrogen and oxygen atoms in total. The molecule has 630 valence electrons. The van der Waals surface area contributed by atoms with Crippen molar-refractivity contribution >= 4 is 39.5 Å². The minimum atomic E-state index is -4.97. The van der Waals surface area contributed by atoms with Crippen molar-refractivity contribution in [2.24, 2.45) is 17.8 Å². The number of carbonyl (C=O) groups is 4. The van der Waals surface area contributed by atoms with E-state index < -0.39 is 97.5 Å². The van der Waals surface area contributed by atoms with E-state index in [0.717, 1.165) is 108 Å². The van der Waals surface area contributed by atoms with Gasteiger partial charge in [-0.2, -0.15) is 0 Å². The Hall–Kier alpha value is -1.94. The molecule has 0 saturated carbocycles. The zero-order chi connectivity index (χ0) is 77.9. The number of carbonyl (C=O) groups excluding carboxylic acids is 4. The highest BCUT2D eigenvalue weighted by Gasteiger charge is 2.31. The highest BCUT2D eigenvalue weighted by molar-refractivity contribution is 7.47. The van der Waals surface area contributed by atoms with Gasteiger partial charge >= 0.3 is 39.5 Å². The molecule has 0 aromatic rings. The number of aliphatic hydroxyl groups excluding tert-OH is 1. The molecule has 0 amide bonds. The quantitative estimate of drug-likeness (QED) is 0.0222. The second kappa shape index (κ2) is 77.0. The number of ether oxygens (including phenoxy) is 4. The summed E-state index contributed by atoms with van der Waals surface area (Å²) in [6.45, 7) is 12.1. The number of phosphoric acid groups is 2. The summed E-state index contributed by atoms with van der Waals surface area (Å²) in [5.41, 5.74) is 0. The van der Waals surface area contributed by atoms with Crippen molar-refractivity contribution in [1.82, 2.24) is 0 Å². The lowest BCUT2D eigenvalue weighted by Gasteiger charge is -2.21. The molecule has 0 saturated heterocycles. The first kappa shape index (κ1) is 104. The molecular formula is C87H170O17P2. The molecule has 0 aliphatic heterocycles.